The Kier molecular flexibility index (Phi) is 3.04. The van der Waals surface area contributed by atoms with Gasteiger partial charge in [0, 0.05) is 25.7 Å². The Morgan fingerprint density at radius 3 is 3.00 bits per heavy atom. The number of hydrogen-bond donors (Lipinski definition) is 1. The van der Waals surface area contributed by atoms with Gasteiger partial charge in [0.25, 0.3) is 0 Å². The molecular formula is C10H15N5OS. The summed E-state index contributed by atoms with van der Waals surface area (Å²) in [5.41, 5.74) is 0. The zero-order valence-corrected chi connectivity index (χ0v) is 10.5. The van der Waals surface area contributed by atoms with Gasteiger partial charge in [-0.1, -0.05) is 11.3 Å². The Morgan fingerprint density at radius 1 is 1.41 bits per heavy atom. The second kappa shape index (κ2) is 4.67. The van der Waals surface area contributed by atoms with Gasteiger partial charge in [0.2, 0.25) is 4.96 Å². The van der Waals surface area contributed by atoms with Gasteiger partial charge in [-0.3, -0.25) is 0 Å². The molecule has 7 heteroatoms. The van der Waals surface area contributed by atoms with Crippen molar-refractivity contribution in [3.8, 4) is 0 Å². The number of nitrogens with zero attached hydrogens (tertiary/aromatic N) is 4. The highest BCUT2D eigenvalue weighted by atomic mass is 32.1. The highest BCUT2D eigenvalue weighted by Gasteiger charge is 2.23. The van der Waals surface area contributed by atoms with Crippen molar-refractivity contribution in [2.24, 2.45) is 0 Å². The van der Waals surface area contributed by atoms with Crippen molar-refractivity contribution in [2.75, 3.05) is 20.3 Å². The molecule has 2 aromatic rings. The largest absolute Gasteiger partial charge is 0.381 e. The van der Waals surface area contributed by atoms with E-state index >= 15 is 0 Å². The molecule has 92 valence electrons. The smallest absolute Gasteiger partial charge is 0.234 e. The van der Waals surface area contributed by atoms with Crippen LogP contribution in [0.1, 0.15) is 29.6 Å². The second-order valence-electron chi connectivity index (χ2n) is 4.17. The second-order valence-corrected chi connectivity index (χ2v) is 5.21. The normalized spacial score (nSPS) is 17.9. The van der Waals surface area contributed by atoms with Crippen LogP contribution in [-0.4, -0.2) is 40.1 Å². The van der Waals surface area contributed by atoms with E-state index in [9.17, 15) is 0 Å². The van der Waals surface area contributed by atoms with Crippen molar-refractivity contribution < 1.29 is 4.74 Å². The van der Waals surface area contributed by atoms with Gasteiger partial charge in [-0.25, -0.2) is 0 Å². The molecule has 0 aromatic carbocycles. The van der Waals surface area contributed by atoms with Gasteiger partial charge in [0.15, 0.2) is 5.82 Å². The van der Waals surface area contributed by atoms with E-state index in [-0.39, 0.29) is 0 Å². The third-order valence-corrected chi connectivity index (χ3v) is 3.87. The van der Waals surface area contributed by atoms with E-state index in [0.717, 1.165) is 48.4 Å². The van der Waals surface area contributed by atoms with Crippen molar-refractivity contribution in [3.05, 3.63) is 10.8 Å². The van der Waals surface area contributed by atoms with Crippen LogP contribution in [-0.2, 0) is 11.3 Å². The molecule has 0 saturated carbocycles. The topological polar surface area (TPSA) is 64.3 Å². The maximum atomic E-state index is 5.37. The average molecular weight is 253 g/mol. The molecule has 3 rings (SSSR count). The SMILES string of the molecule is CNCc1nn2c(C3CCOCC3)nnc2s1. The van der Waals surface area contributed by atoms with Crippen LogP contribution in [0.3, 0.4) is 0 Å². The van der Waals surface area contributed by atoms with Crippen LogP contribution in [0.25, 0.3) is 4.96 Å². The number of rotatable bonds is 3. The molecule has 0 radical (unpaired) electrons. The van der Waals surface area contributed by atoms with Crippen LogP contribution < -0.4 is 5.32 Å². The molecule has 1 N–H and O–H groups in total. The van der Waals surface area contributed by atoms with Crippen LogP contribution in [0.5, 0.6) is 0 Å². The molecule has 17 heavy (non-hydrogen) atoms. The van der Waals surface area contributed by atoms with Crippen LogP contribution >= 0.6 is 11.3 Å². The maximum absolute atomic E-state index is 5.37. The monoisotopic (exact) mass is 253 g/mol. The minimum atomic E-state index is 0.434. The summed E-state index contributed by atoms with van der Waals surface area (Å²) >= 11 is 1.59. The van der Waals surface area contributed by atoms with Crippen molar-refractivity contribution >= 4 is 16.3 Å². The number of aromatic nitrogens is 4. The van der Waals surface area contributed by atoms with Crippen LogP contribution in [0.2, 0.25) is 0 Å². The summed E-state index contributed by atoms with van der Waals surface area (Å²) in [4.78, 5) is 0.886. The molecule has 1 aliphatic rings. The zero-order chi connectivity index (χ0) is 11.7. The summed E-state index contributed by atoms with van der Waals surface area (Å²) in [6, 6.07) is 0. The fourth-order valence-electron chi connectivity index (χ4n) is 2.10. The molecule has 0 amide bonds. The molecule has 0 atom stereocenters. The van der Waals surface area contributed by atoms with Gasteiger partial charge in [-0.05, 0) is 19.9 Å². The van der Waals surface area contributed by atoms with Crippen LogP contribution in [0.4, 0.5) is 0 Å². The molecule has 1 saturated heterocycles. The quantitative estimate of drug-likeness (QED) is 0.876. The Bertz CT molecular complexity index is 502. The molecule has 0 unspecified atom stereocenters. The Labute approximate surface area is 103 Å². The lowest BCUT2D eigenvalue weighted by Gasteiger charge is -2.19. The van der Waals surface area contributed by atoms with Gasteiger partial charge in [-0.2, -0.15) is 9.61 Å². The van der Waals surface area contributed by atoms with Crippen molar-refractivity contribution in [1.29, 1.82) is 0 Å². The molecule has 1 fully saturated rings. The third-order valence-electron chi connectivity index (χ3n) is 2.97. The maximum Gasteiger partial charge on any atom is 0.234 e. The Morgan fingerprint density at radius 2 is 2.24 bits per heavy atom. The first-order valence-electron chi connectivity index (χ1n) is 5.82. The summed E-state index contributed by atoms with van der Waals surface area (Å²) in [5.74, 6) is 1.42. The minimum absolute atomic E-state index is 0.434. The lowest BCUT2D eigenvalue weighted by atomic mass is 10.00. The summed E-state index contributed by atoms with van der Waals surface area (Å²) < 4.78 is 7.26. The Balaban J connectivity index is 1.92. The van der Waals surface area contributed by atoms with E-state index in [1.165, 1.54) is 0 Å². The van der Waals surface area contributed by atoms with E-state index in [0.29, 0.717) is 5.92 Å². The molecule has 1 aliphatic heterocycles. The van der Waals surface area contributed by atoms with Gasteiger partial charge in [0.05, 0.1) is 0 Å². The fourth-order valence-corrected chi connectivity index (χ4v) is 2.96. The summed E-state index contributed by atoms with van der Waals surface area (Å²) in [7, 11) is 1.92. The standard InChI is InChI=1S/C10H15N5OS/c1-11-6-8-14-15-9(12-13-10(15)17-8)7-2-4-16-5-3-7/h7,11H,2-6H2,1H3. The number of nitrogens with one attached hydrogen (secondary N) is 1. The van der Waals surface area contributed by atoms with E-state index in [1.54, 1.807) is 11.3 Å². The number of fused-ring (bicyclic) bond motifs is 1. The lowest BCUT2D eigenvalue weighted by molar-refractivity contribution is 0.0831. The van der Waals surface area contributed by atoms with Crippen LogP contribution in [0.15, 0.2) is 0 Å². The molecule has 6 nitrogen and oxygen atoms in total. The highest BCUT2D eigenvalue weighted by Crippen LogP contribution is 2.26. The van der Waals surface area contributed by atoms with Crippen molar-refractivity contribution in [3.63, 3.8) is 0 Å². The summed E-state index contributed by atoms with van der Waals surface area (Å²) in [6.07, 6.45) is 2.03. The molecular weight excluding hydrogens is 238 g/mol. The van der Waals surface area contributed by atoms with E-state index in [4.69, 9.17) is 4.74 Å². The van der Waals surface area contributed by atoms with E-state index in [2.05, 4.69) is 20.6 Å². The highest BCUT2D eigenvalue weighted by molar-refractivity contribution is 7.16. The predicted molar refractivity (Wildman–Crippen MR) is 64.2 cm³/mol. The summed E-state index contributed by atoms with van der Waals surface area (Å²) in [5, 5.41) is 17.2. The average Bonchev–Trinajstić information content (AvgIpc) is 2.90. The molecule has 2 aromatic heterocycles. The minimum Gasteiger partial charge on any atom is -0.381 e. The zero-order valence-electron chi connectivity index (χ0n) is 9.72. The van der Waals surface area contributed by atoms with Crippen LogP contribution in [0, 0.1) is 0 Å². The predicted octanol–water partition coefficient (Wildman–Crippen LogP) is 0.799. The Hall–Kier alpha value is -1.05. The van der Waals surface area contributed by atoms with Gasteiger partial charge in [0.1, 0.15) is 5.01 Å². The number of hydrogen-bond acceptors (Lipinski definition) is 6. The molecule has 0 bridgehead atoms. The van der Waals surface area contributed by atoms with E-state index < -0.39 is 0 Å². The lowest BCUT2D eigenvalue weighted by Crippen LogP contribution is -2.17. The molecule has 0 spiro atoms. The van der Waals surface area contributed by atoms with Crippen molar-refractivity contribution in [1.82, 2.24) is 25.1 Å². The molecule has 0 aliphatic carbocycles. The first-order chi connectivity index (χ1) is 8.38. The third kappa shape index (κ3) is 2.05. The van der Waals surface area contributed by atoms with Gasteiger partial charge >= 0.3 is 0 Å². The molecule has 3 heterocycles. The first kappa shape index (κ1) is 11.1. The van der Waals surface area contributed by atoms with Gasteiger partial charge < -0.3 is 10.1 Å². The fraction of sp³-hybridized carbons (Fsp3) is 0.700. The first-order valence-corrected chi connectivity index (χ1v) is 6.63. The number of ether oxygens (including phenoxy) is 1. The van der Waals surface area contributed by atoms with Crippen molar-refractivity contribution in [2.45, 2.75) is 25.3 Å². The summed E-state index contributed by atoms with van der Waals surface area (Å²) in [6.45, 7) is 2.40. The van der Waals surface area contributed by atoms with E-state index in [1.807, 2.05) is 11.6 Å². The van der Waals surface area contributed by atoms with Gasteiger partial charge in [-0.15, -0.1) is 10.2 Å².